The van der Waals surface area contributed by atoms with Crippen LogP contribution < -0.4 is 10.6 Å². The molecule has 0 spiro atoms. The second-order valence-corrected chi connectivity index (χ2v) is 3.70. The molecule has 0 bridgehead atoms. The molecule has 18 heavy (non-hydrogen) atoms. The molecule has 1 amide bonds. The first-order valence-electron chi connectivity index (χ1n) is 5.72. The molecule has 5 heteroatoms. The normalized spacial score (nSPS) is 9.56. The molecule has 0 aliphatic rings. The molecule has 0 unspecified atom stereocenters. The van der Waals surface area contributed by atoms with Gasteiger partial charge in [-0.1, -0.05) is 18.2 Å². The summed E-state index contributed by atoms with van der Waals surface area (Å²) in [7, 11) is 1.63. The molecule has 2 N–H and O–H groups in total. The summed E-state index contributed by atoms with van der Waals surface area (Å²) in [5.41, 5.74) is 1.89. The Kier molecular flexibility index (Phi) is 6.30. The maximum Gasteiger partial charge on any atom is 0.239 e. The Morgan fingerprint density at radius 3 is 2.94 bits per heavy atom. The first kappa shape index (κ1) is 14.0. The monoisotopic (exact) mass is 247 g/mol. The van der Waals surface area contributed by atoms with Gasteiger partial charge in [-0.05, 0) is 6.07 Å². The highest BCUT2D eigenvalue weighted by Gasteiger charge is 2.03. The van der Waals surface area contributed by atoms with Crippen LogP contribution in [0.15, 0.2) is 24.3 Å². The van der Waals surface area contributed by atoms with Gasteiger partial charge in [0.15, 0.2) is 0 Å². The van der Waals surface area contributed by atoms with E-state index in [2.05, 4.69) is 10.6 Å². The van der Waals surface area contributed by atoms with Crippen LogP contribution >= 0.6 is 0 Å². The Balaban J connectivity index is 2.43. The maximum absolute atomic E-state index is 11.4. The number of carbonyl (C=O) groups excluding carboxylic acids is 1. The van der Waals surface area contributed by atoms with E-state index in [9.17, 15) is 4.79 Å². The van der Waals surface area contributed by atoms with E-state index in [1.54, 1.807) is 7.11 Å². The number of nitrogens with zero attached hydrogens (tertiary/aromatic N) is 1. The van der Waals surface area contributed by atoms with Crippen molar-refractivity contribution in [2.24, 2.45) is 0 Å². The van der Waals surface area contributed by atoms with E-state index in [0.29, 0.717) is 19.6 Å². The third kappa shape index (κ3) is 4.85. The summed E-state index contributed by atoms with van der Waals surface area (Å²) in [6.45, 7) is 1.07. The lowest BCUT2D eigenvalue weighted by Crippen LogP contribution is -2.30. The van der Waals surface area contributed by atoms with Crippen LogP contribution in [0.4, 0.5) is 5.69 Å². The minimum Gasteiger partial charge on any atom is -0.380 e. The predicted octanol–water partition coefficient (Wildman–Crippen LogP) is 1.27. The molecule has 1 aromatic rings. The molecule has 0 saturated heterocycles. The van der Waals surface area contributed by atoms with Gasteiger partial charge in [-0.15, -0.1) is 0 Å². The van der Waals surface area contributed by atoms with Gasteiger partial charge in [0, 0.05) is 24.9 Å². The number of hydrogen-bond donors (Lipinski definition) is 2. The number of rotatable bonds is 7. The van der Waals surface area contributed by atoms with Gasteiger partial charge in [0.25, 0.3) is 0 Å². The highest BCUT2D eigenvalue weighted by atomic mass is 16.5. The molecule has 1 rings (SSSR count). The van der Waals surface area contributed by atoms with Crippen molar-refractivity contribution in [3.63, 3.8) is 0 Å². The number of hydrogen-bond acceptors (Lipinski definition) is 4. The zero-order chi connectivity index (χ0) is 13.2. The molecule has 0 aliphatic heterocycles. The number of amides is 1. The highest BCUT2D eigenvalue weighted by molar-refractivity contribution is 5.80. The number of para-hydroxylation sites is 1. The standard InChI is InChI=1S/C13H17N3O2/c1-18-10-11-5-2-3-6-12(11)16-9-13(17)15-8-4-7-14/h2-3,5-6,16H,4,8-10H2,1H3,(H,15,17). The third-order valence-electron chi connectivity index (χ3n) is 2.32. The van der Waals surface area contributed by atoms with Crippen LogP contribution in [0.1, 0.15) is 12.0 Å². The van der Waals surface area contributed by atoms with Crippen LogP contribution in [0, 0.1) is 11.3 Å². The summed E-state index contributed by atoms with van der Waals surface area (Å²) >= 11 is 0. The van der Waals surface area contributed by atoms with E-state index < -0.39 is 0 Å². The lowest BCUT2D eigenvalue weighted by Gasteiger charge is -2.11. The topological polar surface area (TPSA) is 74.2 Å². The summed E-state index contributed by atoms with van der Waals surface area (Å²) in [6.07, 6.45) is 0.325. The molecule has 0 radical (unpaired) electrons. The summed E-state index contributed by atoms with van der Waals surface area (Å²) in [5.74, 6) is -0.127. The number of anilines is 1. The average Bonchev–Trinajstić information content (AvgIpc) is 2.38. The zero-order valence-corrected chi connectivity index (χ0v) is 10.4. The fourth-order valence-corrected chi connectivity index (χ4v) is 1.47. The molecular formula is C13H17N3O2. The maximum atomic E-state index is 11.4. The Morgan fingerprint density at radius 1 is 1.44 bits per heavy atom. The number of nitrogens with one attached hydrogen (secondary N) is 2. The van der Waals surface area contributed by atoms with Crippen molar-refractivity contribution in [2.45, 2.75) is 13.0 Å². The summed E-state index contributed by atoms with van der Waals surface area (Å²) in [4.78, 5) is 11.4. The molecule has 0 atom stereocenters. The molecule has 0 heterocycles. The second kappa shape index (κ2) is 8.09. The van der Waals surface area contributed by atoms with E-state index in [1.165, 1.54) is 0 Å². The second-order valence-electron chi connectivity index (χ2n) is 3.70. The number of methoxy groups -OCH3 is 1. The average molecular weight is 247 g/mol. The first-order chi connectivity index (χ1) is 8.77. The largest absolute Gasteiger partial charge is 0.380 e. The fourth-order valence-electron chi connectivity index (χ4n) is 1.47. The van der Waals surface area contributed by atoms with Crippen LogP contribution in [-0.2, 0) is 16.1 Å². The zero-order valence-electron chi connectivity index (χ0n) is 10.4. The van der Waals surface area contributed by atoms with E-state index in [1.807, 2.05) is 30.3 Å². The van der Waals surface area contributed by atoms with E-state index in [0.717, 1.165) is 11.3 Å². The van der Waals surface area contributed by atoms with Gasteiger partial charge in [-0.25, -0.2) is 0 Å². The summed E-state index contributed by atoms with van der Waals surface area (Å²) in [6, 6.07) is 9.64. The minimum absolute atomic E-state index is 0.127. The fraction of sp³-hybridized carbons (Fsp3) is 0.385. The highest BCUT2D eigenvalue weighted by Crippen LogP contribution is 2.15. The van der Waals surface area contributed by atoms with Crippen molar-refractivity contribution in [3.05, 3.63) is 29.8 Å². The van der Waals surface area contributed by atoms with Crippen LogP contribution in [0.3, 0.4) is 0 Å². The quantitative estimate of drug-likeness (QED) is 0.712. The van der Waals surface area contributed by atoms with Gasteiger partial charge in [-0.3, -0.25) is 4.79 Å². The minimum atomic E-state index is -0.127. The van der Waals surface area contributed by atoms with E-state index in [4.69, 9.17) is 10.00 Å². The third-order valence-corrected chi connectivity index (χ3v) is 2.32. The van der Waals surface area contributed by atoms with Crippen LogP contribution in [-0.4, -0.2) is 26.1 Å². The lowest BCUT2D eigenvalue weighted by molar-refractivity contribution is -0.119. The molecule has 0 aliphatic carbocycles. The molecule has 0 aromatic heterocycles. The van der Waals surface area contributed by atoms with Gasteiger partial charge < -0.3 is 15.4 Å². The summed E-state index contributed by atoms with van der Waals surface area (Å²) in [5, 5.41) is 14.1. The van der Waals surface area contributed by atoms with Crippen molar-refractivity contribution in [3.8, 4) is 6.07 Å². The Bertz CT molecular complexity index is 426. The lowest BCUT2D eigenvalue weighted by atomic mass is 10.2. The van der Waals surface area contributed by atoms with Gasteiger partial charge in [0.1, 0.15) is 0 Å². The summed E-state index contributed by atoms with van der Waals surface area (Å²) < 4.78 is 5.08. The van der Waals surface area contributed by atoms with Crippen molar-refractivity contribution in [1.29, 1.82) is 5.26 Å². The molecular weight excluding hydrogens is 230 g/mol. The van der Waals surface area contributed by atoms with Crippen LogP contribution in [0.5, 0.6) is 0 Å². The van der Waals surface area contributed by atoms with Crippen molar-refractivity contribution < 1.29 is 9.53 Å². The molecule has 96 valence electrons. The van der Waals surface area contributed by atoms with Gasteiger partial charge in [0.05, 0.1) is 25.6 Å². The van der Waals surface area contributed by atoms with E-state index >= 15 is 0 Å². The molecule has 5 nitrogen and oxygen atoms in total. The first-order valence-corrected chi connectivity index (χ1v) is 5.72. The van der Waals surface area contributed by atoms with Crippen molar-refractivity contribution in [2.75, 3.05) is 25.5 Å². The van der Waals surface area contributed by atoms with Crippen molar-refractivity contribution >= 4 is 11.6 Å². The number of benzene rings is 1. The molecule has 1 aromatic carbocycles. The van der Waals surface area contributed by atoms with Gasteiger partial charge >= 0.3 is 0 Å². The predicted molar refractivity (Wildman–Crippen MR) is 68.9 cm³/mol. The number of nitriles is 1. The smallest absolute Gasteiger partial charge is 0.239 e. The Labute approximate surface area is 107 Å². The van der Waals surface area contributed by atoms with E-state index in [-0.39, 0.29) is 12.5 Å². The number of ether oxygens (including phenoxy) is 1. The van der Waals surface area contributed by atoms with Gasteiger partial charge in [0.2, 0.25) is 5.91 Å². The molecule has 0 fully saturated rings. The van der Waals surface area contributed by atoms with Gasteiger partial charge in [-0.2, -0.15) is 5.26 Å². The Hall–Kier alpha value is -2.06. The SMILES string of the molecule is COCc1ccccc1NCC(=O)NCCC#N. The van der Waals surface area contributed by atoms with Crippen molar-refractivity contribution in [1.82, 2.24) is 5.32 Å². The van der Waals surface area contributed by atoms with Crippen LogP contribution in [0.2, 0.25) is 0 Å². The Morgan fingerprint density at radius 2 is 2.22 bits per heavy atom. The molecule has 0 saturated carbocycles. The van der Waals surface area contributed by atoms with Crippen LogP contribution in [0.25, 0.3) is 0 Å². The number of carbonyl (C=O) groups is 1.